The molecule has 0 saturated carbocycles. The average Bonchev–Trinajstić information content (AvgIpc) is 3.14. The molecule has 2 aliphatic rings. The minimum atomic E-state index is -0.803. The molecule has 2 amide bonds. The first kappa shape index (κ1) is 22.8. The highest BCUT2D eigenvalue weighted by Gasteiger charge is 2.31. The van der Waals surface area contributed by atoms with E-state index in [4.69, 9.17) is 9.84 Å². The monoisotopic (exact) mass is 450 g/mol. The van der Waals surface area contributed by atoms with Crippen molar-refractivity contribution in [3.05, 3.63) is 59.7 Å². The summed E-state index contributed by atoms with van der Waals surface area (Å²) in [4.78, 5) is 38.1. The molecule has 1 heterocycles. The topological polar surface area (TPSA) is 95.9 Å². The Morgan fingerprint density at radius 3 is 2.15 bits per heavy atom. The number of carboxylic acid groups (broad SMARTS) is 1. The van der Waals surface area contributed by atoms with Gasteiger partial charge in [-0.05, 0) is 47.4 Å². The van der Waals surface area contributed by atoms with E-state index in [1.165, 1.54) is 0 Å². The third-order valence-corrected chi connectivity index (χ3v) is 6.73. The highest BCUT2D eigenvalue weighted by molar-refractivity contribution is 5.86. The Bertz CT molecular complexity index is 983. The molecule has 1 saturated heterocycles. The van der Waals surface area contributed by atoms with Crippen LogP contribution >= 0.6 is 0 Å². The summed E-state index contributed by atoms with van der Waals surface area (Å²) in [5.41, 5.74) is 4.60. The summed E-state index contributed by atoms with van der Waals surface area (Å²) in [5.74, 6) is -0.878. The van der Waals surface area contributed by atoms with Crippen molar-refractivity contribution in [1.29, 1.82) is 0 Å². The van der Waals surface area contributed by atoms with E-state index in [-0.39, 0.29) is 30.8 Å². The molecule has 0 bridgehead atoms. The molecule has 7 heteroatoms. The van der Waals surface area contributed by atoms with Crippen molar-refractivity contribution in [1.82, 2.24) is 10.2 Å². The van der Waals surface area contributed by atoms with Crippen molar-refractivity contribution >= 4 is 18.0 Å². The van der Waals surface area contributed by atoms with Gasteiger partial charge >= 0.3 is 12.1 Å². The minimum Gasteiger partial charge on any atom is -0.481 e. The van der Waals surface area contributed by atoms with Crippen molar-refractivity contribution in [3.63, 3.8) is 0 Å². The molecule has 2 aromatic rings. The van der Waals surface area contributed by atoms with E-state index in [1.54, 1.807) is 4.90 Å². The van der Waals surface area contributed by atoms with Gasteiger partial charge in [-0.25, -0.2) is 4.79 Å². The minimum absolute atomic E-state index is 0.0350. The lowest BCUT2D eigenvalue weighted by atomic mass is 9.93. The second kappa shape index (κ2) is 10.1. The van der Waals surface area contributed by atoms with Crippen LogP contribution in [0.4, 0.5) is 4.79 Å². The fourth-order valence-electron chi connectivity index (χ4n) is 4.95. The van der Waals surface area contributed by atoms with Crippen LogP contribution < -0.4 is 5.32 Å². The molecule has 4 rings (SSSR count). The number of hydrogen-bond acceptors (Lipinski definition) is 4. The first-order valence-corrected chi connectivity index (χ1v) is 11.6. The number of carbonyl (C=O) groups is 3. The number of nitrogens with one attached hydrogen (secondary N) is 1. The summed E-state index contributed by atoms with van der Waals surface area (Å²) < 4.78 is 5.58. The first-order chi connectivity index (χ1) is 16.0. The predicted octanol–water partition coefficient (Wildman–Crippen LogP) is 4.02. The zero-order valence-corrected chi connectivity index (χ0v) is 18.8. The lowest BCUT2D eigenvalue weighted by molar-refractivity contribution is -0.139. The van der Waals surface area contributed by atoms with Gasteiger partial charge < -0.3 is 20.1 Å². The van der Waals surface area contributed by atoms with Gasteiger partial charge in [0.25, 0.3) is 0 Å². The highest BCUT2D eigenvalue weighted by Crippen LogP contribution is 2.44. The van der Waals surface area contributed by atoms with Crippen LogP contribution in [0, 0.1) is 5.92 Å². The molecule has 2 aromatic carbocycles. The predicted molar refractivity (Wildman–Crippen MR) is 124 cm³/mol. The molecule has 1 aliphatic carbocycles. The zero-order chi connectivity index (χ0) is 23.4. The molecule has 1 fully saturated rings. The summed E-state index contributed by atoms with van der Waals surface area (Å²) in [6.45, 7) is 3.08. The van der Waals surface area contributed by atoms with Gasteiger partial charge in [0.05, 0.1) is 0 Å². The maximum Gasteiger partial charge on any atom is 0.407 e. The molecule has 33 heavy (non-hydrogen) atoms. The summed E-state index contributed by atoms with van der Waals surface area (Å²) in [6, 6.07) is 15.6. The molecule has 174 valence electrons. The average molecular weight is 451 g/mol. The van der Waals surface area contributed by atoms with Crippen molar-refractivity contribution in [2.45, 2.75) is 44.6 Å². The van der Waals surface area contributed by atoms with Gasteiger partial charge in [-0.1, -0.05) is 55.5 Å². The molecule has 0 aromatic heterocycles. The molecular formula is C26H30N2O5. The van der Waals surface area contributed by atoms with Crippen LogP contribution in [0.2, 0.25) is 0 Å². The molecule has 2 N–H and O–H groups in total. The number of ether oxygens (including phenoxy) is 1. The van der Waals surface area contributed by atoms with Crippen LogP contribution in [0.25, 0.3) is 11.1 Å². The van der Waals surface area contributed by atoms with E-state index in [2.05, 4.69) is 29.6 Å². The third kappa shape index (κ3) is 5.02. The van der Waals surface area contributed by atoms with E-state index < -0.39 is 18.1 Å². The molecule has 0 spiro atoms. The van der Waals surface area contributed by atoms with Gasteiger partial charge in [0.2, 0.25) is 5.91 Å². The van der Waals surface area contributed by atoms with E-state index in [1.807, 2.05) is 31.2 Å². The van der Waals surface area contributed by atoms with Gasteiger partial charge in [0, 0.05) is 25.4 Å². The Morgan fingerprint density at radius 1 is 1.03 bits per heavy atom. The molecule has 7 nitrogen and oxygen atoms in total. The van der Waals surface area contributed by atoms with Gasteiger partial charge in [-0.15, -0.1) is 0 Å². The lowest BCUT2D eigenvalue weighted by Crippen LogP contribution is -2.50. The molecule has 1 atom stereocenters. The Labute approximate surface area is 193 Å². The second-order valence-electron chi connectivity index (χ2n) is 8.80. The number of fused-ring (bicyclic) bond motifs is 3. The largest absolute Gasteiger partial charge is 0.481 e. The van der Waals surface area contributed by atoms with Crippen molar-refractivity contribution in [2.75, 3.05) is 19.7 Å². The Morgan fingerprint density at radius 2 is 1.61 bits per heavy atom. The summed E-state index contributed by atoms with van der Waals surface area (Å²) in [6.07, 6.45) is 1.33. The van der Waals surface area contributed by atoms with Gasteiger partial charge in [0.15, 0.2) is 0 Å². The zero-order valence-electron chi connectivity index (χ0n) is 18.8. The molecule has 1 aliphatic heterocycles. The fraction of sp³-hybridized carbons (Fsp3) is 0.423. The van der Waals surface area contributed by atoms with E-state index in [0.717, 1.165) is 22.3 Å². The SMILES string of the molecule is CCC(NC(=O)OCC1c2ccccc2-c2ccccc21)C(=O)N1CCC(CC(=O)O)CC1. The Hall–Kier alpha value is -3.35. The van der Waals surface area contributed by atoms with E-state index in [0.29, 0.717) is 32.4 Å². The fourth-order valence-corrected chi connectivity index (χ4v) is 4.95. The van der Waals surface area contributed by atoms with Crippen LogP contribution in [0.5, 0.6) is 0 Å². The quantitative estimate of drug-likeness (QED) is 0.664. The standard InChI is InChI=1S/C26H30N2O5/c1-2-23(25(31)28-13-11-17(12-14-28)15-24(29)30)27-26(32)33-16-22-20-9-5-3-7-18(20)19-8-4-6-10-21(19)22/h3-10,17,22-23H,2,11-16H2,1H3,(H,27,32)(H,29,30). The number of carboxylic acids is 1. The number of nitrogens with zero attached hydrogens (tertiary/aromatic N) is 1. The van der Waals surface area contributed by atoms with E-state index in [9.17, 15) is 14.4 Å². The van der Waals surface area contributed by atoms with Crippen LogP contribution in [-0.2, 0) is 14.3 Å². The van der Waals surface area contributed by atoms with Crippen molar-refractivity contribution in [2.24, 2.45) is 5.92 Å². The first-order valence-electron chi connectivity index (χ1n) is 11.6. The van der Waals surface area contributed by atoms with Crippen molar-refractivity contribution in [3.8, 4) is 11.1 Å². The summed E-state index contributed by atoms with van der Waals surface area (Å²) in [7, 11) is 0. The summed E-state index contributed by atoms with van der Waals surface area (Å²) in [5, 5.41) is 11.7. The lowest BCUT2D eigenvalue weighted by Gasteiger charge is -2.33. The molecule has 0 radical (unpaired) electrons. The third-order valence-electron chi connectivity index (χ3n) is 6.73. The number of likely N-dealkylation sites (tertiary alicyclic amines) is 1. The smallest absolute Gasteiger partial charge is 0.407 e. The number of benzene rings is 2. The van der Waals surface area contributed by atoms with E-state index >= 15 is 0 Å². The number of rotatable bonds is 7. The number of aliphatic carboxylic acids is 1. The second-order valence-corrected chi connectivity index (χ2v) is 8.80. The number of amides is 2. The molecule has 1 unspecified atom stereocenters. The maximum atomic E-state index is 12.9. The summed E-state index contributed by atoms with van der Waals surface area (Å²) >= 11 is 0. The van der Waals surface area contributed by atoms with Gasteiger partial charge in [-0.3, -0.25) is 9.59 Å². The van der Waals surface area contributed by atoms with Crippen molar-refractivity contribution < 1.29 is 24.2 Å². The van der Waals surface area contributed by atoms with Crippen LogP contribution in [0.15, 0.2) is 48.5 Å². The highest BCUT2D eigenvalue weighted by atomic mass is 16.5. The number of carbonyl (C=O) groups excluding carboxylic acids is 2. The van der Waals surface area contributed by atoms with Gasteiger partial charge in [0.1, 0.15) is 12.6 Å². The maximum absolute atomic E-state index is 12.9. The van der Waals surface area contributed by atoms with Crippen LogP contribution in [0.1, 0.15) is 49.7 Å². The number of alkyl carbamates (subject to hydrolysis) is 1. The Kier molecular flexibility index (Phi) is 6.96. The number of hydrogen-bond donors (Lipinski definition) is 2. The van der Waals surface area contributed by atoms with Crippen LogP contribution in [-0.4, -0.2) is 53.7 Å². The molecular weight excluding hydrogens is 420 g/mol. The van der Waals surface area contributed by atoms with Gasteiger partial charge in [-0.2, -0.15) is 0 Å². The number of piperidine rings is 1. The normalized spacial score (nSPS) is 16.6. The van der Waals surface area contributed by atoms with Crippen LogP contribution in [0.3, 0.4) is 0 Å². The Balaban J connectivity index is 1.33.